The van der Waals surface area contributed by atoms with Gasteiger partial charge >= 0.3 is 0 Å². The second-order valence-corrected chi connectivity index (χ2v) is 3.98. The third-order valence-electron chi connectivity index (χ3n) is 1.53. The molecule has 0 aromatic heterocycles. The van der Waals surface area contributed by atoms with Gasteiger partial charge in [0, 0.05) is 22.5 Å². The smallest absolute Gasteiger partial charge is 0.0424 e. The van der Waals surface area contributed by atoms with E-state index in [1.807, 2.05) is 37.3 Å². The molecule has 0 amide bonds. The standard InChI is InChI=1S/C10H12OS/c1-9-3-5-10(6-4-9)7-8-12(2)11/h3-8H,1-2H3/b8-7-. The predicted molar refractivity (Wildman–Crippen MR) is 54.3 cm³/mol. The molecule has 1 nitrogen and oxygen atoms in total. The minimum Gasteiger partial charge on any atom is -0.255 e. The highest BCUT2D eigenvalue weighted by Crippen LogP contribution is 2.04. The van der Waals surface area contributed by atoms with Crippen molar-refractivity contribution < 1.29 is 4.21 Å². The van der Waals surface area contributed by atoms with Gasteiger partial charge in [-0.2, -0.15) is 0 Å². The van der Waals surface area contributed by atoms with E-state index in [4.69, 9.17) is 0 Å². The number of rotatable bonds is 2. The van der Waals surface area contributed by atoms with Crippen LogP contribution in [-0.4, -0.2) is 10.5 Å². The normalized spacial score (nSPS) is 13.5. The van der Waals surface area contributed by atoms with E-state index in [9.17, 15) is 4.21 Å². The molecular formula is C10H12OS. The molecule has 1 unspecified atom stereocenters. The van der Waals surface area contributed by atoms with E-state index >= 15 is 0 Å². The lowest BCUT2D eigenvalue weighted by molar-refractivity contribution is 0.692. The lowest BCUT2D eigenvalue weighted by atomic mass is 10.2. The summed E-state index contributed by atoms with van der Waals surface area (Å²) in [7, 11) is -0.852. The summed E-state index contributed by atoms with van der Waals surface area (Å²) in [5.41, 5.74) is 2.33. The van der Waals surface area contributed by atoms with Gasteiger partial charge < -0.3 is 0 Å². The quantitative estimate of drug-likeness (QED) is 0.682. The fourth-order valence-electron chi connectivity index (χ4n) is 0.852. The first-order valence-electron chi connectivity index (χ1n) is 3.75. The van der Waals surface area contributed by atoms with Crippen molar-refractivity contribution in [3.8, 4) is 0 Å². The predicted octanol–water partition coefficient (Wildman–Crippen LogP) is 2.34. The monoisotopic (exact) mass is 180 g/mol. The minimum absolute atomic E-state index is 0.852. The van der Waals surface area contributed by atoms with Crippen molar-refractivity contribution in [1.29, 1.82) is 0 Å². The summed E-state index contributed by atoms with van der Waals surface area (Å²) in [6, 6.07) is 8.11. The van der Waals surface area contributed by atoms with Crippen LogP contribution in [-0.2, 0) is 10.8 Å². The van der Waals surface area contributed by atoms with Crippen LogP contribution >= 0.6 is 0 Å². The van der Waals surface area contributed by atoms with Crippen LogP contribution in [0.15, 0.2) is 29.7 Å². The number of hydrogen-bond acceptors (Lipinski definition) is 1. The molecule has 1 rings (SSSR count). The summed E-state index contributed by atoms with van der Waals surface area (Å²) in [6.45, 7) is 2.05. The molecule has 0 spiro atoms. The Labute approximate surface area is 75.6 Å². The zero-order valence-electron chi connectivity index (χ0n) is 7.28. The highest BCUT2D eigenvalue weighted by atomic mass is 32.2. The van der Waals surface area contributed by atoms with Gasteiger partial charge in [-0.3, -0.25) is 4.21 Å². The first-order chi connectivity index (χ1) is 5.68. The van der Waals surface area contributed by atoms with Crippen LogP contribution in [0.5, 0.6) is 0 Å². The molecule has 0 aliphatic rings. The van der Waals surface area contributed by atoms with Crippen molar-refractivity contribution >= 4 is 16.9 Å². The Morgan fingerprint density at radius 3 is 2.33 bits per heavy atom. The van der Waals surface area contributed by atoms with E-state index in [2.05, 4.69) is 0 Å². The molecule has 1 atom stereocenters. The van der Waals surface area contributed by atoms with Crippen LogP contribution in [0.3, 0.4) is 0 Å². The van der Waals surface area contributed by atoms with Crippen LogP contribution in [0.25, 0.3) is 6.08 Å². The van der Waals surface area contributed by atoms with Crippen molar-refractivity contribution in [1.82, 2.24) is 0 Å². The largest absolute Gasteiger partial charge is 0.255 e. The third kappa shape index (κ3) is 3.01. The van der Waals surface area contributed by atoms with Crippen molar-refractivity contribution in [2.45, 2.75) is 6.92 Å². The Bertz CT molecular complexity index is 298. The highest BCUT2D eigenvalue weighted by molar-refractivity contribution is 7.87. The van der Waals surface area contributed by atoms with Gasteiger partial charge in [-0.1, -0.05) is 29.8 Å². The van der Waals surface area contributed by atoms with Gasteiger partial charge in [0.15, 0.2) is 0 Å². The fourth-order valence-corrected chi connectivity index (χ4v) is 1.20. The zero-order valence-corrected chi connectivity index (χ0v) is 8.10. The molecule has 0 N–H and O–H groups in total. The van der Waals surface area contributed by atoms with Crippen LogP contribution in [0, 0.1) is 6.92 Å². The summed E-state index contributed by atoms with van der Waals surface area (Å²) in [6.07, 6.45) is 3.53. The van der Waals surface area contributed by atoms with Crippen molar-refractivity contribution in [2.75, 3.05) is 6.26 Å². The molecule has 1 aromatic rings. The first-order valence-corrected chi connectivity index (χ1v) is 5.38. The molecule has 1 aromatic carbocycles. The average Bonchev–Trinajstić information content (AvgIpc) is 2.03. The molecule has 0 saturated carbocycles. The Morgan fingerprint density at radius 2 is 1.83 bits per heavy atom. The van der Waals surface area contributed by atoms with E-state index in [0.717, 1.165) is 5.56 Å². The van der Waals surface area contributed by atoms with E-state index in [0.29, 0.717) is 0 Å². The molecule has 0 radical (unpaired) electrons. The van der Waals surface area contributed by atoms with Gasteiger partial charge in [-0.25, -0.2) is 0 Å². The van der Waals surface area contributed by atoms with E-state index in [1.165, 1.54) is 5.56 Å². The number of benzene rings is 1. The summed E-state index contributed by atoms with van der Waals surface area (Å²) in [5, 5.41) is 1.69. The van der Waals surface area contributed by atoms with E-state index < -0.39 is 10.8 Å². The number of aryl methyl sites for hydroxylation is 1. The van der Waals surface area contributed by atoms with Gasteiger partial charge in [0.25, 0.3) is 0 Å². The molecule has 0 aliphatic carbocycles. The molecular weight excluding hydrogens is 168 g/mol. The minimum atomic E-state index is -0.852. The van der Waals surface area contributed by atoms with Gasteiger partial charge in [-0.05, 0) is 18.6 Å². The van der Waals surface area contributed by atoms with Crippen molar-refractivity contribution in [3.63, 3.8) is 0 Å². The van der Waals surface area contributed by atoms with Crippen LogP contribution in [0.2, 0.25) is 0 Å². The third-order valence-corrected chi connectivity index (χ3v) is 2.05. The lowest BCUT2D eigenvalue weighted by Crippen LogP contribution is -1.76. The van der Waals surface area contributed by atoms with Gasteiger partial charge in [-0.15, -0.1) is 0 Å². The zero-order chi connectivity index (χ0) is 8.97. The van der Waals surface area contributed by atoms with Crippen molar-refractivity contribution in [2.24, 2.45) is 0 Å². The molecule has 0 fully saturated rings. The first kappa shape index (κ1) is 9.20. The Hall–Kier alpha value is -0.890. The maximum atomic E-state index is 10.7. The average molecular weight is 180 g/mol. The molecule has 0 heterocycles. The maximum absolute atomic E-state index is 10.7. The summed E-state index contributed by atoms with van der Waals surface area (Å²) < 4.78 is 10.7. The van der Waals surface area contributed by atoms with E-state index in [-0.39, 0.29) is 0 Å². The number of hydrogen-bond donors (Lipinski definition) is 0. The molecule has 2 heteroatoms. The second kappa shape index (κ2) is 4.21. The van der Waals surface area contributed by atoms with Crippen LogP contribution in [0.4, 0.5) is 0 Å². The summed E-state index contributed by atoms with van der Waals surface area (Å²) >= 11 is 0. The molecule has 64 valence electrons. The Morgan fingerprint density at radius 1 is 1.25 bits per heavy atom. The highest BCUT2D eigenvalue weighted by Gasteiger charge is 1.86. The van der Waals surface area contributed by atoms with Gasteiger partial charge in [0.05, 0.1) is 0 Å². The fraction of sp³-hybridized carbons (Fsp3) is 0.200. The van der Waals surface area contributed by atoms with Crippen molar-refractivity contribution in [3.05, 3.63) is 40.8 Å². The topological polar surface area (TPSA) is 17.1 Å². The van der Waals surface area contributed by atoms with Crippen LogP contribution in [0.1, 0.15) is 11.1 Å². The lowest BCUT2D eigenvalue weighted by Gasteiger charge is -1.93. The summed E-state index contributed by atoms with van der Waals surface area (Å²) in [4.78, 5) is 0. The Balaban J connectivity index is 2.77. The SMILES string of the molecule is Cc1ccc(/C=C\S(C)=O)cc1. The summed E-state index contributed by atoms with van der Waals surface area (Å²) in [5.74, 6) is 0. The Kier molecular flexibility index (Phi) is 3.23. The van der Waals surface area contributed by atoms with Gasteiger partial charge in [0.2, 0.25) is 0 Å². The molecule has 0 aliphatic heterocycles. The van der Waals surface area contributed by atoms with Crippen LogP contribution < -0.4 is 0 Å². The van der Waals surface area contributed by atoms with Gasteiger partial charge in [0.1, 0.15) is 0 Å². The molecule has 0 bridgehead atoms. The maximum Gasteiger partial charge on any atom is 0.0424 e. The van der Waals surface area contributed by atoms with E-state index in [1.54, 1.807) is 11.7 Å². The molecule has 12 heavy (non-hydrogen) atoms. The second-order valence-electron chi connectivity index (χ2n) is 2.71. The molecule has 0 saturated heterocycles.